The Bertz CT molecular complexity index is 2550. The summed E-state index contributed by atoms with van der Waals surface area (Å²) in [5, 5.41) is 12.5. The SMILES string of the molecule is CC(C)(C)C[C@@H]1N[C@@H](C(=O)N[C@H]2CC[C@H](C(=O)N3CCC(C#Cc4cccc5c4CN(C4CCC(=O)NC4=O)C5=O)CC3)CC2)[C@H](c2cccc(Cl)c2F)[C@]12C(=O)Nc1cc(Cl)ccc12. The fourth-order valence-electron chi connectivity index (χ4n) is 11.3. The van der Waals surface area contributed by atoms with E-state index in [1.807, 2.05) is 11.0 Å². The number of likely N-dealkylation sites (tertiary alicyclic amines) is 1. The average Bonchev–Trinajstić information content (AvgIpc) is 3.88. The van der Waals surface area contributed by atoms with E-state index in [-0.39, 0.29) is 76.4 Å². The van der Waals surface area contributed by atoms with Gasteiger partial charge in [-0.15, -0.1) is 0 Å². The standard InChI is InChI=1S/C50H53Cl2FN6O6/c1-49(2,3)25-39-50(35-17-14-30(51)24-37(35)55-48(50)65)41(33-8-5-9-36(52)42(33)53)43(56-39)45(62)54-31-15-12-29(13-16-31)46(63)58-22-20-27(21-23-58)10-11-28-6-4-7-32-34(28)26-59(47(32)64)38-18-19-40(60)57-44(38)61/h4-9,14,17,24,27,29,31,38-39,41,43,56H,12-13,15-16,18-23,25-26H2,1-3H3,(H,54,62)(H,55,65)(H,57,60,61)/t29-,31-,38?,39-,41-,43+,50+/m0/s1. The number of carbonyl (C=O) groups excluding carboxylic acids is 6. The minimum Gasteiger partial charge on any atom is -0.352 e. The van der Waals surface area contributed by atoms with Crippen LogP contribution in [0.1, 0.15) is 117 Å². The van der Waals surface area contributed by atoms with Gasteiger partial charge >= 0.3 is 0 Å². The fourth-order valence-corrected chi connectivity index (χ4v) is 11.7. The van der Waals surface area contributed by atoms with Gasteiger partial charge in [0.25, 0.3) is 5.91 Å². The van der Waals surface area contributed by atoms with Crippen molar-refractivity contribution < 1.29 is 33.2 Å². The Morgan fingerprint density at radius 2 is 1.66 bits per heavy atom. The number of hydrogen-bond donors (Lipinski definition) is 4. The van der Waals surface area contributed by atoms with Gasteiger partial charge in [0, 0.05) is 77.7 Å². The summed E-state index contributed by atoms with van der Waals surface area (Å²) < 4.78 is 16.2. The van der Waals surface area contributed by atoms with E-state index in [1.54, 1.807) is 42.5 Å². The Hall–Kier alpha value is -5.29. The first-order chi connectivity index (χ1) is 31.0. The molecule has 1 saturated carbocycles. The number of fused-ring (bicyclic) bond motifs is 3. The van der Waals surface area contributed by atoms with Crippen LogP contribution in [0, 0.1) is 34.9 Å². The van der Waals surface area contributed by atoms with Gasteiger partial charge in [-0.25, -0.2) is 4.39 Å². The van der Waals surface area contributed by atoms with Crippen LogP contribution in [-0.4, -0.2) is 82.5 Å². The Morgan fingerprint density at radius 3 is 2.38 bits per heavy atom. The zero-order valence-corrected chi connectivity index (χ0v) is 38.2. The lowest BCUT2D eigenvalue weighted by Crippen LogP contribution is -2.52. The van der Waals surface area contributed by atoms with Crippen molar-refractivity contribution in [1.82, 2.24) is 25.8 Å². The number of imide groups is 1. The van der Waals surface area contributed by atoms with Crippen LogP contribution in [0.4, 0.5) is 10.1 Å². The molecule has 4 N–H and O–H groups in total. The molecular weight excluding hydrogens is 870 g/mol. The molecule has 65 heavy (non-hydrogen) atoms. The highest BCUT2D eigenvalue weighted by molar-refractivity contribution is 6.31. The lowest BCUT2D eigenvalue weighted by atomic mass is 9.62. The maximum absolute atomic E-state index is 16.2. The van der Waals surface area contributed by atoms with Gasteiger partial charge in [-0.2, -0.15) is 0 Å². The van der Waals surface area contributed by atoms with Crippen LogP contribution < -0.4 is 21.3 Å². The third kappa shape index (κ3) is 8.31. The zero-order chi connectivity index (χ0) is 45.9. The van der Waals surface area contributed by atoms with Gasteiger partial charge in [0.2, 0.25) is 29.5 Å². The predicted molar refractivity (Wildman–Crippen MR) is 243 cm³/mol. The lowest BCUT2D eigenvalue weighted by molar-refractivity contribution is -0.138. The number of amides is 6. The second-order valence-electron chi connectivity index (χ2n) is 19.8. The summed E-state index contributed by atoms with van der Waals surface area (Å²) in [6.45, 7) is 7.63. The normalized spacial score (nSPS) is 27.8. The zero-order valence-electron chi connectivity index (χ0n) is 36.7. The number of halogens is 3. The van der Waals surface area contributed by atoms with Crippen molar-refractivity contribution in [3.63, 3.8) is 0 Å². The number of nitrogens with zero attached hydrogens (tertiary/aromatic N) is 2. The second-order valence-corrected chi connectivity index (χ2v) is 20.6. The molecular formula is C50H53Cl2FN6O6. The molecule has 3 aromatic rings. The van der Waals surface area contributed by atoms with Crippen molar-refractivity contribution in [2.45, 2.75) is 121 Å². The van der Waals surface area contributed by atoms with E-state index in [0.717, 1.165) is 24.0 Å². The van der Waals surface area contributed by atoms with Crippen molar-refractivity contribution in [2.75, 3.05) is 18.4 Å². The summed E-state index contributed by atoms with van der Waals surface area (Å²) in [7, 11) is 0. The Morgan fingerprint density at radius 1 is 0.923 bits per heavy atom. The molecule has 340 valence electrons. The number of piperidine rings is 2. The molecule has 9 rings (SSSR count). The Kier molecular flexibility index (Phi) is 12.1. The molecule has 3 saturated heterocycles. The van der Waals surface area contributed by atoms with E-state index in [0.29, 0.717) is 73.5 Å². The van der Waals surface area contributed by atoms with Gasteiger partial charge in [0.05, 0.1) is 11.1 Å². The largest absolute Gasteiger partial charge is 0.352 e. The number of rotatable bonds is 6. The number of hydrogen-bond acceptors (Lipinski definition) is 7. The fraction of sp³-hybridized carbons (Fsp3) is 0.480. The van der Waals surface area contributed by atoms with Gasteiger partial charge in [-0.3, -0.25) is 34.1 Å². The van der Waals surface area contributed by atoms with Gasteiger partial charge in [0.15, 0.2) is 0 Å². The third-order valence-corrected chi connectivity index (χ3v) is 15.0. The smallest absolute Gasteiger partial charge is 0.255 e. The molecule has 4 fully saturated rings. The third-order valence-electron chi connectivity index (χ3n) is 14.4. The van der Waals surface area contributed by atoms with Crippen LogP contribution in [0.2, 0.25) is 10.0 Å². The maximum Gasteiger partial charge on any atom is 0.255 e. The minimum absolute atomic E-state index is 0.0707. The molecule has 6 aliphatic rings. The van der Waals surface area contributed by atoms with Crippen LogP contribution >= 0.6 is 23.2 Å². The van der Waals surface area contributed by atoms with E-state index in [1.165, 1.54) is 11.0 Å². The summed E-state index contributed by atoms with van der Waals surface area (Å²) in [6, 6.07) is 12.9. The quantitative estimate of drug-likeness (QED) is 0.160. The van der Waals surface area contributed by atoms with Crippen LogP contribution in [0.3, 0.4) is 0 Å². The van der Waals surface area contributed by atoms with Crippen molar-refractivity contribution in [2.24, 2.45) is 17.3 Å². The van der Waals surface area contributed by atoms with Crippen LogP contribution in [0.15, 0.2) is 54.6 Å². The summed E-state index contributed by atoms with van der Waals surface area (Å²) in [5.74, 6) is 3.41. The molecule has 1 aliphatic carbocycles. The topological polar surface area (TPSA) is 157 Å². The molecule has 15 heteroatoms. The maximum atomic E-state index is 16.2. The summed E-state index contributed by atoms with van der Waals surface area (Å²) in [6.07, 6.45) is 4.83. The molecule has 6 amide bonds. The highest BCUT2D eigenvalue weighted by Gasteiger charge is 2.66. The second kappa shape index (κ2) is 17.5. The van der Waals surface area contributed by atoms with E-state index in [2.05, 4.69) is 53.9 Å². The van der Waals surface area contributed by atoms with E-state index in [9.17, 15) is 28.8 Å². The number of carbonyl (C=O) groups is 6. The van der Waals surface area contributed by atoms with Crippen molar-refractivity contribution in [3.05, 3.63) is 98.3 Å². The minimum atomic E-state index is -1.35. The molecule has 0 bridgehead atoms. The Labute approximate surface area is 388 Å². The average molecular weight is 924 g/mol. The van der Waals surface area contributed by atoms with Gasteiger partial charge in [-0.1, -0.05) is 80.1 Å². The molecule has 5 aliphatic heterocycles. The number of anilines is 1. The lowest BCUT2D eigenvalue weighted by Gasteiger charge is -2.38. The van der Waals surface area contributed by atoms with Crippen LogP contribution in [0.25, 0.3) is 0 Å². The molecule has 3 aromatic carbocycles. The highest BCUT2D eigenvalue weighted by atomic mass is 35.5. The summed E-state index contributed by atoms with van der Waals surface area (Å²) in [5.41, 5.74) is 1.80. The molecule has 1 spiro atoms. The van der Waals surface area contributed by atoms with E-state index >= 15 is 4.39 Å². The Balaban J connectivity index is 0.838. The van der Waals surface area contributed by atoms with Crippen LogP contribution in [-0.2, 0) is 35.9 Å². The van der Waals surface area contributed by atoms with Gasteiger partial charge in [0.1, 0.15) is 17.3 Å². The van der Waals surface area contributed by atoms with Gasteiger partial charge < -0.3 is 25.8 Å². The first kappa shape index (κ1) is 44.9. The highest BCUT2D eigenvalue weighted by Crippen LogP contribution is 2.57. The molecule has 0 radical (unpaired) electrons. The number of benzene rings is 3. The summed E-state index contributed by atoms with van der Waals surface area (Å²) >= 11 is 12.8. The molecule has 5 heterocycles. The molecule has 1 unspecified atom stereocenters. The van der Waals surface area contributed by atoms with Crippen LogP contribution in [0.5, 0.6) is 0 Å². The predicted octanol–water partition coefficient (Wildman–Crippen LogP) is 6.61. The molecule has 12 nitrogen and oxygen atoms in total. The van der Waals surface area contributed by atoms with Crippen molar-refractivity contribution in [3.8, 4) is 11.8 Å². The molecule has 5 atom stereocenters. The van der Waals surface area contributed by atoms with Gasteiger partial charge in [-0.05, 0) is 104 Å². The molecule has 0 aromatic heterocycles. The first-order valence-electron chi connectivity index (χ1n) is 22.7. The first-order valence-corrected chi connectivity index (χ1v) is 23.5. The summed E-state index contributed by atoms with van der Waals surface area (Å²) in [4.78, 5) is 84.0. The monoisotopic (exact) mass is 922 g/mol. The number of nitrogens with one attached hydrogen (secondary N) is 4. The van der Waals surface area contributed by atoms with Crippen molar-refractivity contribution in [1.29, 1.82) is 0 Å². The van der Waals surface area contributed by atoms with E-state index in [4.69, 9.17) is 23.2 Å². The van der Waals surface area contributed by atoms with Crippen molar-refractivity contribution >= 4 is 64.3 Å². The van der Waals surface area contributed by atoms with E-state index < -0.39 is 41.2 Å².